The van der Waals surface area contributed by atoms with E-state index in [1.54, 1.807) is 6.92 Å². The van der Waals surface area contributed by atoms with E-state index in [1.807, 2.05) is 31.2 Å². The minimum absolute atomic E-state index is 0.226. The topological polar surface area (TPSA) is 80.5 Å². The molecule has 1 amide bonds. The number of carbonyl (C=O) groups excluding carboxylic acids is 1. The monoisotopic (exact) mass is 352 g/mol. The summed E-state index contributed by atoms with van der Waals surface area (Å²) in [6, 6.07) is 7.68. The summed E-state index contributed by atoms with van der Waals surface area (Å²) in [5, 5.41) is 3.60. The fraction of sp³-hybridized carbons (Fsp3) is 0.316. The molecule has 7 nitrogen and oxygen atoms in total. The molecule has 0 bridgehead atoms. The van der Waals surface area contributed by atoms with Crippen LogP contribution in [-0.4, -0.2) is 42.2 Å². The molecule has 1 aromatic carbocycles. The van der Waals surface area contributed by atoms with Gasteiger partial charge in [-0.3, -0.25) is 4.79 Å². The molecule has 2 aromatic heterocycles. The molecule has 0 atom stereocenters. The van der Waals surface area contributed by atoms with Crippen LogP contribution in [0.1, 0.15) is 21.7 Å². The van der Waals surface area contributed by atoms with Crippen LogP contribution < -0.4 is 10.2 Å². The summed E-state index contributed by atoms with van der Waals surface area (Å²) < 4.78 is 11.2. The molecule has 0 radical (unpaired) electrons. The van der Waals surface area contributed by atoms with Gasteiger partial charge >= 0.3 is 0 Å². The maximum atomic E-state index is 13.0. The number of ether oxygens (including phenoxy) is 1. The Hall–Kier alpha value is -2.93. The largest absolute Gasteiger partial charge is 0.442 e. The van der Waals surface area contributed by atoms with Gasteiger partial charge in [0.15, 0.2) is 0 Å². The van der Waals surface area contributed by atoms with Crippen molar-refractivity contribution in [2.75, 3.05) is 36.5 Å². The van der Waals surface area contributed by atoms with E-state index in [-0.39, 0.29) is 5.91 Å². The first-order valence-electron chi connectivity index (χ1n) is 8.58. The van der Waals surface area contributed by atoms with Crippen molar-refractivity contribution in [2.24, 2.45) is 0 Å². The van der Waals surface area contributed by atoms with Gasteiger partial charge in [0.05, 0.1) is 24.2 Å². The van der Waals surface area contributed by atoms with Crippen LogP contribution in [0.2, 0.25) is 0 Å². The predicted molar refractivity (Wildman–Crippen MR) is 98.7 cm³/mol. The smallest absolute Gasteiger partial charge is 0.260 e. The van der Waals surface area contributed by atoms with Crippen LogP contribution in [0.3, 0.4) is 0 Å². The summed E-state index contributed by atoms with van der Waals surface area (Å²) in [7, 11) is 0. The Kier molecular flexibility index (Phi) is 4.30. The molecule has 0 spiro atoms. The fourth-order valence-corrected chi connectivity index (χ4v) is 3.23. The second-order valence-corrected chi connectivity index (χ2v) is 6.33. The molecule has 3 heterocycles. The maximum absolute atomic E-state index is 13.0. The lowest BCUT2D eigenvalue weighted by molar-refractivity contribution is 0.102. The van der Waals surface area contributed by atoms with E-state index in [1.165, 1.54) is 6.33 Å². The quantitative estimate of drug-likeness (QED) is 0.781. The number of furan rings is 1. The van der Waals surface area contributed by atoms with Gasteiger partial charge in [0.25, 0.3) is 5.91 Å². The Bertz CT molecular complexity index is 961. The molecule has 1 saturated heterocycles. The third kappa shape index (κ3) is 3.01. The highest BCUT2D eigenvalue weighted by molar-refractivity contribution is 6.15. The summed E-state index contributed by atoms with van der Waals surface area (Å²) in [4.78, 5) is 23.7. The molecule has 3 aromatic rings. The van der Waals surface area contributed by atoms with Crippen LogP contribution >= 0.6 is 0 Å². The Labute approximate surface area is 151 Å². The number of nitrogens with one attached hydrogen (secondary N) is 1. The number of hydrogen-bond acceptors (Lipinski definition) is 6. The highest BCUT2D eigenvalue weighted by atomic mass is 16.5. The highest BCUT2D eigenvalue weighted by Gasteiger charge is 2.26. The van der Waals surface area contributed by atoms with Crippen molar-refractivity contribution in [3.05, 3.63) is 47.5 Å². The fourth-order valence-electron chi connectivity index (χ4n) is 3.23. The number of anilines is 2. The van der Waals surface area contributed by atoms with Crippen molar-refractivity contribution in [1.29, 1.82) is 0 Å². The molecular formula is C19H20N4O3. The van der Waals surface area contributed by atoms with Crippen molar-refractivity contribution >= 4 is 28.5 Å². The van der Waals surface area contributed by atoms with Crippen molar-refractivity contribution in [2.45, 2.75) is 13.8 Å². The van der Waals surface area contributed by atoms with E-state index in [0.717, 1.165) is 24.3 Å². The van der Waals surface area contributed by atoms with Crippen LogP contribution in [0.25, 0.3) is 11.1 Å². The van der Waals surface area contributed by atoms with Gasteiger partial charge < -0.3 is 19.4 Å². The minimum Gasteiger partial charge on any atom is -0.442 e. The van der Waals surface area contributed by atoms with Gasteiger partial charge in [-0.05, 0) is 31.5 Å². The molecular weight excluding hydrogens is 332 g/mol. The third-order valence-corrected chi connectivity index (χ3v) is 4.46. The van der Waals surface area contributed by atoms with Crippen molar-refractivity contribution in [1.82, 2.24) is 9.97 Å². The van der Waals surface area contributed by atoms with E-state index in [4.69, 9.17) is 9.15 Å². The van der Waals surface area contributed by atoms with Gasteiger partial charge in [-0.2, -0.15) is 0 Å². The van der Waals surface area contributed by atoms with E-state index in [9.17, 15) is 4.79 Å². The van der Waals surface area contributed by atoms with Crippen molar-refractivity contribution < 1.29 is 13.9 Å². The van der Waals surface area contributed by atoms with E-state index < -0.39 is 0 Å². The number of benzene rings is 1. The Morgan fingerprint density at radius 1 is 1.19 bits per heavy atom. The molecule has 0 unspecified atom stereocenters. The number of aromatic nitrogens is 2. The van der Waals surface area contributed by atoms with Crippen molar-refractivity contribution in [3.63, 3.8) is 0 Å². The van der Waals surface area contributed by atoms with Crippen LogP contribution in [0.4, 0.5) is 11.5 Å². The van der Waals surface area contributed by atoms with Gasteiger partial charge in [0.1, 0.15) is 17.9 Å². The Morgan fingerprint density at radius 2 is 2.00 bits per heavy atom. The predicted octanol–water partition coefficient (Wildman–Crippen LogP) is 2.93. The number of aryl methyl sites for hydroxylation is 2. The summed E-state index contributed by atoms with van der Waals surface area (Å²) in [6.45, 7) is 6.46. The number of morpholine rings is 1. The van der Waals surface area contributed by atoms with Crippen molar-refractivity contribution in [3.8, 4) is 0 Å². The molecule has 134 valence electrons. The van der Waals surface area contributed by atoms with Crippen LogP contribution in [0.15, 0.2) is 35.0 Å². The van der Waals surface area contributed by atoms with E-state index in [2.05, 4.69) is 20.2 Å². The average Bonchev–Trinajstić information content (AvgIpc) is 2.98. The molecule has 0 aliphatic carbocycles. The van der Waals surface area contributed by atoms with Gasteiger partial charge in [0.2, 0.25) is 5.71 Å². The zero-order chi connectivity index (χ0) is 18.1. The van der Waals surface area contributed by atoms with Gasteiger partial charge in [0, 0.05) is 18.8 Å². The first-order valence-corrected chi connectivity index (χ1v) is 8.58. The lowest BCUT2D eigenvalue weighted by Gasteiger charge is -2.28. The second kappa shape index (κ2) is 6.76. The number of hydrogen-bond donors (Lipinski definition) is 1. The zero-order valence-corrected chi connectivity index (χ0v) is 14.8. The van der Waals surface area contributed by atoms with E-state index >= 15 is 0 Å². The van der Waals surface area contributed by atoms with Gasteiger partial charge in [-0.25, -0.2) is 9.97 Å². The normalized spacial score (nSPS) is 14.6. The van der Waals surface area contributed by atoms with E-state index in [0.29, 0.717) is 41.5 Å². The molecule has 26 heavy (non-hydrogen) atoms. The minimum atomic E-state index is -0.226. The van der Waals surface area contributed by atoms with Crippen LogP contribution in [0.5, 0.6) is 0 Å². The molecule has 1 fully saturated rings. The average molecular weight is 352 g/mol. The summed E-state index contributed by atoms with van der Waals surface area (Å²) in [6.07, 6.45) is 1.47. The lowest BCUT2D eigenvalue weighted by Crippen LogP contribution is -2.37. The molecule has 1 aliphatic heterocycles. The molecule has 0 saturated carbocycles. The number of nitrogens with zero attached hydrogens (tertiary/aromatic N) is 3. The summed E-state index contributed by atoms with van der Waals surface area (Å²) in [5.74, 6) is 1.01. The van der Waals surface area contributed by atoms with Gasteiger partial charge in [-0.15, -0.1) is 0 Å². The summed E-state index contributed by atoms with van der Waals surface area (Å²) >= 11 is 0. The molecule has 7 heteroatoms. The number of fused-ring (bicyclic) bond motifs is 1. The number of rotatable bonds is 3. The third-order valence-electron chi connectivity index (χ3n) is 4.46. The first kappa shape index (κ1) is 16.5. The molecule has 4 rings (SSSR count). The molecule has 1 N–H and O–H groups in total. The second-order valence-electron chi connectivity index (χ2n) is 6.33. The Morgan fingerprint density at radius 3 is 2.77 bits per heavy atom. The van der Waals surface area contributed by atoms with Crippen LogP contribution in [0, 0.1) is 13.8 Å². The number of amides is 1. The zero-order valence-electron chi connectivity index (χ0n) is 14.8. The van der Waals surface area contributed by atoms with Gasteiger partial charge in [-0.1, -0.05) is 12.1 Å². The summed E-state index contributed by atoms with van der Waals surface area (Å²) in [5.41, 5.74) is 2.72. The first-order chi connectivity index (χ1) is 12.6. The number of carbonyl (C=O) groups is 1. The lowest BCUT2D eigenvalue weighted by atomic mass is 10.1. The molecule has 1 aliphatic rings. The Balaban J connectivity index is 1.76. The SMILES string of the molecule is Cc1cccc(NC(=O)c2c(C)oc3ncnc(N4CCOCC4)c23)c1. The van der Waals surface area contributed by atoms with Crippen LogP contribution in [-0.2, 0) is 4.74 Å². The standard InChI is InChI=1S/C19H20N4O3/c1-12-4-3-5-14(10-12)22-18(24)15-13(2)26-19-16(15)17(20-11-21-19)23-6-8-25-9-7-23/h3-5,10-11H,6-9H2,1-2H3,(H,22,24). The maximum Gasteiger partial charge on any atom is 0.260 e. The highest BCUT2D eigenvalue weighted by Crippen LogP contribution is 2.32.